The summed E-state index contributed by atoms with van der Waals surface area (Å²) in [6.45, 7) is 7.82. The molecule has 9 heteroatoms. The molecule has 30 heavy (non-hydrogen) atoms. The van der Waals surface area contributed by atoms with Crippen LogP contribution in [0.3, 0.4) is 0 Å². The fraction of sp³-hybridized carbons (Fsp3) is 0.286. The summed E-state index contributed by atoms with van der Waals surface area (Å²) >= 11 is 0. The van der Waals surface area contributed by atoms with Gasteiger partial charge in [-0.25, -0.2) is 0 Å². The highest BCUT2D eigenvalue weighted by molar-refractivity contribution is 6.41. The van der Waals surface area contributed by atoms with Crippen LogP contribution < -0.4 is 4.74 Å². The average Bonchev–Trinajstić information content (AvgIpc) is 3.18. The molecule has 0 amide bonds. The zero-order chi connectivity index (χ0) is 21.8. The van der Waals surface area contributed by atoms with Gasteiger partial charge in [-0.05, 0) is 74.2 Å². The Labute approximate surface area is 174 Å². The molecule has 0 unspecified atom stereocenters. The van der Waals surface area contributed by atoms with Gasteiger partial charge in [-0.3, -0.25) is 13.6 Å². The van der Waals surface area contributed by atoms with Crippen LogP contribution in [-0.2, 0) is 0 Å². The van der Waals surface area contributed by atoms with Crippen LogP contribution in [0.2, 0.25) is 0 Å². The minimum atomic E-state index is -2.66. The molecular formula is C21H22BF2N5O. The first-order chi connectivity index (χ1) is 14.3. The van der Waals surface area contributed by atoms with E-state index in [1.165, 1.54) is 0 Å². The number of allylic oxidation sites excluding steroid dienone is 2. The Bertz CT molecular complexity index is 1090. The van der Waals surface area contributed by atoms with E-state index in [9.17, 15) is 8.63 Å². The van der Waals surface area contributed by atoms with E-state index in [2.05, 4.69) is 15.0 Å². The lowest BCUT2D eigenvalue weighted by molar-refractivity contribution is 0.328. The highest BCUT2D eigenvalue weighted by atomic mass is 19.2. The predicted octanol–water partition coefficient (Wildman–Crippen LogP) is 5.75. The third-order valence-corrected chi connectivity index (χ3v) is 4.84. The van der Waals surface area contributed by atoms with Crippen molar-refractivity contribution in [2.45, 2.75) is 27.7 Å². The molecule has 2 heterocycles. The van der Waals surface area contributed by atoms with Gasteiger partial charge in [0, 0.05) is 27.6 Å². The van der Waals surface area contributed by atoms with Gasteiger partial charge in [0.15, 0.2) is 0 Å². The van der Waals surface area contributed by atoms with Gasteiger partial charge in [0.1, 0.15) is 5.75 Å². The maximum Gasteiger partial charge on any atom is 0.677 e. The van der Waals surface area contributed by atoms with Crippen molar-refractivity contribution in [1.82, 2.24) is 4.48 Å². The molecule has 0 radical (unpaired) electrons. The van der Waals surface area contributed by atoms with Crippen molar-refractivity contribution in [1.29, 1.82) is 0 Å². The number of nitrogens with zero attached hydrogens (tertiary/aromatic N) is 5. The Balaban J connectivity index is 2.12. The molecule has 1 aliphatic heterocycles. The highest BCUT2D eigenvalue weighted by Crippen LogP contribution is 2.37. The number of aryl methyl sites for hydroxylation is 2. The molecule has 0 aliphatic carbocycles. The number of ether oxygens (including phenoxy) is 1. The van der Waals surface area contributed by atoms with E-state index in [0.717, 1.165) is 26.9 Å². The topological polar surface area (TPSA) is 75.3 Å². The van der Waals surface area contributed by atoms with Crippen LogP contribution in [0.4, 0.5) is 8.63 Å². The molecule has 2 aromatic rings. The molecule has 0 fully saturated rings. The Hall–Kier alpha value is -3.32. The van der Waals surface area contributed by atoms with Gasteiger partial charge in [-0.1, -0.05) is 17.2 Å². The maximum atomic E-state index is 13.9. The van der Waals surface area contributed by atoms with Crippen LogP contribution >= 0.6 is 0 Å². The fourth-order valence-electron chi connectivity index (χ4n) is 3.67. The van der Waals surface area contributed by atoms with Crippen molar-refractivity contribution >= 4 is 18.7 Å². The lowest BCUT2D eigenvalue weighted by Gasteiger charge is -2.17. The van der Waals surface area contributed by atoms with Gasteiger partial charge >= 0.3 is 7.40 Å². The second kappa shape index (κ2) is 9.01. The number of hydrogen-bond acceptors (Lipinski definition) is 3. The quantitative estimate of drug-likeness (QED) is 0.189. The molecule has 1 aliphatic rings. The second-order valence-corrected chi connectivity index (χ2v) is 7.10. The van der Waals surface area contributed by atoms with Gasteiger partial charge in [-0.15, -0.1) is 0 Å². The maximum absolute atomic E-state index is 13.9. The zero-order valence-electron chi connectivity index (χ0n) is 17.4. The minimum Gasteiger partial charge on any atom is -0.493 e. The number of aromatic nitrogens is 1. The fourth-order valence-corrected chi connectivity index (χ4v) is 3.67. The van der Waals surface area contributed by atoms with Crippen LogP contribution in [0, 0.1) is 13.8 Å². The largest absolute Gasteiger partial charge is 0.677 e. The van der Waals surface area contributed by atoms with Gasteiger partial charge < -0.3 is 9.21 Å². The third-order valence-electron chi connectivity index (χ3n) is 4.84. The number of aliphatic imine (C=N–C) groups is 1. The zero-order valence-corrected chi connectivity index (χ0v) is 17.4. The summed E-state index contributed by atoms with van der Waals surface area (Å²) in [6, 6.07) is 8.97. The molecule has 0 atom stereocenters. The second-order valence-electron chi connectivity index (χ2n) is 7.10. The molecule has 0 spiro atoms. The standard InChI is InChI=1S/C21H22BF2N5O/c1-13-11-15(3)27-20(13)19(21-14(2)12-16(4)29(21)22(23)24)17-5-7-18(8-6-17)30-10-9-26-28-25/h5-8,11-12H,9-10H2,1-4H3/b20-19-. The highest BCUT2D eigenvalue weighted by Gasteiger charge is 2.29. The summed E-state index contributed by atoms with van der Waals surface area (Å²) in [6.07, 6.45) is 1.94. The Kier molecular flexibility index (Phi) is 6.42. The molecule has 154 valence electrons. The van der Waals surface area contributed by atoms with Crippen molar-refractivity contribution in [2.24, 2.45) is 10.1 Å². The smallest absolute Gasteiger partial charge is 0.493 e. The van der Waals surface area contributed by atoms with Crippen LogP contribution in [0.5, 0.6) is 5.75 Å². The lowest BCUT2D eigenvalue weighted by Crippen LogP contribution is -2.18. The van der Waals surface area contributed by atoms with Crippen molar-refractivity contribution in [3.8, 4) is 5.75 Å². The summed E-state index contributed by atoms with van der Waals surface area (Å²) in [5.74, 6) is 0.603. The van der Waals surface area contributed by atoms with Crippen LogP contribution in [0.25, 0.3) is 16.0 Å². The SMILES string of the molecule is CC1=CC(C)=N/C1=C(/c1ccc(OCCN=[N+]=[N-])cc1)c1c(C)cc(C)n1B(F)F. The van der Waals surface area contributed by atoms with Crippen molar-refractivity contribution in [2.75, 3.05) is 13.2 Å². The summed E-state index contributed by atoms with van der Waals surface area (Å²) in [7, 11) is -2.66. The summed E-state index contributed by atoms with van der Waals surface area (Å²) in [5, 5.41) is 3.43. The van der Waals surface area contributed by atoms with Crippen molar-refractivity contribution in [3.63, 3.8) is 0 Å². The Morgan fingerprint density at radius 3 is 2.47 bits per heavy atom. The molecule has 0 bridgehead atoms. The minimum absolute atomic E-state index is 0.228. The average molecular weight is 409 g/mol. The lowest BCUT2D eigenvalue weighted by atomic mass is 9.94. The summed E-state index contributed by atoms with van der Waals surface area (Å²) in [5.41, 5.74) is 13.9. The molecule has 3 rings (SSSR count). The first-order valence-corrected chi connectivity index (χ1v) is 9.52. The van der Waals surface area contributed by atoms with E-state index in [0.29, 0.717) is 28.4 Å². The molecule has 1 aromatic carbocycles. The van der Waals surface area contributed by atoms with E-state index in [1.54, 1.807) is 25.1 Å². The van der Waals surface area contributed by atoms with E-state index >= 15 is 0 Å². The van der Waals surface area contributed by atoms with Crippen molar-refractivity contribution in [3.05, 3.63) is 80.6 Å². The number of hydrogen-bond donors (Lipinski definition) is 0. The molecular weight excluding hydrogens is 387 g/mol. The molecule has 1 aromatic heterocycles. The predicted molar refractivity (Wildman–Crippen MR) is 116 cm³/mol. The molecule has 0 saturated heterocycles. The normalized spacial score (nSPS) is 14.7. The number of rotatable bonds is 7. The van der Waals surface area contributed by atoms with E-state index < -0.39 is 7.40 Å². The monoisotopic (exact) mass is 409 g/mol. The van der Waals surface area contributed by atoms with E-state index in [4.69, 9.17) is 10.3 Å². The van der Waals surface area contributed by atoms with Gasteiger partial charge in [0.2, 0.25) is 0 Å². The van der Waals surface area contributed by atoms with E-state index in [-0.39, 0.29) is 13.2 Å². The molecule has 0 N–H and O–H groups in total. The number of azide groups is 1. The summed E-state index contributed by atoms with van der Waals surface area (Å²) < 4.78 is 34.5. The van der Waals surface area contributed by atoms with E-state index in [1.807, 2.05) is 39.0 Å². The van der Waals surface area contributed by atoms with Gasteiger partial charge in [0.05, 0.1) is 18.8 Å². The number of benzene rings is 1. The molecule has 6 nitrogen and oxygen atoms in total. The third kappa shape index (κ3) is 4.31. The number of halogens is 2. The van der Waals surface area contributed by atoms with Crippen LogP contribution in [-0.4, -0.2) is 30.7 Å². The Morgan fingerprint density at radius 2 is 1.90 bits per heavy atom. The van der Waals surface area contributed by atoms with Crippen LogP contribution in [0.1, 0.15) is 36.4 Å². The first-order valence-electron chi connectivity index (χ1n) is 9.52. The van der Waals surface area contributed by atoms with Gasteiger partial charge in [-0.2, -0.15) is 0 Å². The van der Waals surface area contributed by atoms with Crippen molar-refractivity contribution < 1.29 is 13.4 Å². The summed E-state index contributed by atoms with van der Waals surface area (Å²) in [4.78, 5) is 7.32. The Morgan fingerprint density at radius 1 is 1.20 bits per heavy atom. The molecule has 0 saturated carbocycles. The van der Waals surface area contributed by atoms with Gasteiger partial charge in [0.25, 0.3) is 0 Å². The van der Waals surface area contributed by atoms with Crippen LogP contribution in [0.15, 0.2) is 57.8 Å². The first kappa shape index (κ1) is 21.4.